The first-order valence-corrected chi connectivity index (χ1v) is 9.07. The van der Waals surface area contributed by atoms with Gasteiger partial charge >= 0.3 is 5.97 Å². The van der Waals surface area contributed by atoms with Gasteiger partial charge in [0.2, 0.25) is 0 Å². The zero-order valence-electron chi connectivity index (χ0n) is 15.7. The van der Waals surface area contributed by atoms with Crippen LogP contribution in [0.15, 0.2) is 48.5 Å². The van der Waals surface area contributed by atoms with E-state index in [4.69, 9.17) is 4.74 Å². The Hall–Kier alpha value is -3.22. The average Bonchev–Trinajstić information content (AvgIpc) is 2.91. The first-order valence-electron chi connectivity index (χ1n) is 9.07. The Balaban J connectivity index is 2.06. The molecule has 1 aliphatic rings. The zero-order chi connectivity index (χ0) is 20.3. The van der Waals surface area contributed by atoms with Gasteiger partial charge in [-0.3, -0.25) is 9.59 Å². The van der Waals surface area contributed by atoms with Gasteiger partial charge in [0.05, 0.1) is 11.3 Å². The number of hydrogen-bond acceptors (Lipinski definition) is 4. The maximum absolute atomic E-state index is 14.1. The minimum Gasteiger partial charge on any atom is -0.430 e. The molecule has 1 atom stereocenters. The smallest absolute Gasteiger partial charge is 0.343 e. The summed E-state index contributed by atoms with van der Waals surface area (Å²) in [6, 6.07) is 11.8. The molecule has 0 aromatic heterocycles. The molecular formula is C21H21FN2O4. The maximum atomic E-state index is 14.1. The van der Waals surface area contributed by atoms with Crippen LogP contribution < -0.4 is 10.2 Å². The molecule has 0 fully saturated rings. The fourth-order valence-electron chi connectivity index (χ4n) is 3.21. The predicted molar refractivity (Wildman–Crippen MR) is 101 cm³/mol. The van der Waals surface area contributed by atoms with Crippen molar-refractivity contribution in [3.63, 3.8) is 0 Å². The van der Waals surface area contributed by atoms with Gasteiger partial charge in [-0.2, -0.15) is 0 Å². The van der Waals surface area contributed by atoms with Crippen molar-refractivity contribution in [1.29, 1.82) is 0 Å². The Morgan fingerprint density at radius 2 is 1.82 bits per heavy atom. The minimum absolute atomic E-state index is 0.251. The first-order chi connectivity index (χ1) is 13.4. The fourth-order valence-corrected chi connectivity index (χ4v) is 3.21. The summed E-state index contributed by atoms with van der Waals surface area (Å²) < 4.78 is 19.5. The number of fused-ring (bicyclic) bond motifs is 1. The second-order valence-corrected chi connectivity index (χ2v) is 6.54. The average molecular weight is 384 g/mol. The number of para-hydroxylation sites is 1. The summed E-state index contributed by atoms with van der Waals surface area (Å²) in [6.07, 6.45) is 1.54. The van der Waals surface area contributed by atoms with E-state index in [-0.39, 0.29) is 11.1 Å². The van der Waals surface area contributed by atoms with E-state index in [1.807, 2.05) is 6.92 Å². The molecule has 2 amide bonds. The summed E-state index contributed by atoms with van der Waals surface area (Å²) in [6.45, 7) is 2.29. The van der Waals surface area contributed by atoms with Crippen LogP contribution in [0.1, 0.15) is 35.7 Å². The van der Waals surface area contributed by atoms with Crippen molar-refractivity contribution in [2.45, 2.75) is 25.4 Å². The quantitative estimate of drug-likeness (QED) is 0.472. The van der Waals surface area contributed by atoms with E-state index in [1.165, 1.54) is 30.1 Å². The molecule has 0 aliphatic carbocycles. The third kappa shape index (κ3) is 3.13. The summed E-state index contributed by atoms with van der Waals surface area (Å²) in [7, 11) is 1.50. The standard InChI is InChI=1S/C21H21FN2O4/c1-3-4-13-23-19(26)21(28-18(25)14-9-5-7-11-16(14)22)15-10-6-8-12-17(15)24(2)20(21)27/h5-12H,3-4,13H2,1-2H3,(H,23,26). The third-order valence-electron chi connectivity index (χ3n) is 4.73. The van der Waals surface area contributed by atoms with Crippen molar-refractivity contribution < 1.29 is 23.5 Å². The summed E-state index contributed by atoms with van der Waals surface area (Å²) in [5.41, 5.74) is -1.83. The Labute approximate surface area is 162 Å². The molecule has 2 aromatic carbocycles. The van der Waals surface area contributed by atoms with Crippen molar-refractivity contribution in [1.82, 2.24) is 5.32 Å². The van der Waals surface area contributed by atoms with Gasteiger partial charge in [0.15, 0.2) is 0 Å². The molecule has 7 heteroatoms. The summed E-state index contributed by atoms with van der Waals surface area (Å²) in [4.78, 5) is 40.2. The highest BCUT2D eigenvalue weighted by Crippen LogP contribution is 2.42. The molecule has 3 rings (SSSR count). The van der Waals surface area contributed by atoms with Crippen LogP contribution in [0.5, 0.6) is 0 Å². The highest BCUT2D eigenvalue weighted by atomic mass is 19.1. The SMILES string of the molecule is CCCCNC(=O)C1(OC(=O)c2ccccc2F)C(=O)N(C)c2ccccc21. The molecule has 6 nitrogen and oxygen atoms in total. The normalized spacial score (nSPS) is 18.0. The molecule has 0 saturated heterocycles. The van der Waals surface area contributed by atoms with Gasteiger partial charge in [-0.25, -0.2) is 9.18 Å². The summed E-state index contributed by atoms with van der Waals surface area (Å²) in [5, 5.41) is 2.67. The summed E-state index contributed by atoms with van der Waals surface area (Å²) >= 11 is 0. The van der Waals surface area contributed by atoms with Crippen molar-refractivity contribution in [2.75, 3.05) is 18.5 Å². The second-order valence-electron chi connectivity index (χ2n) is 6.54. The van der Waals surface area contributed by atoms with Gasteiger partial charge in [0, 0.05) is 19.2 Å². The highest BCUT2D eigenvalue weighted by molar-refractivity contribution is 6.21. The lowest BCUT2D eigenvalue weighted by Gasteiger charge is -2.27. The number of ether oxygens (including phenoxy) is 1. The van der Waals surface area contributed by atoms with Crippen molar-refractivity contribution in [2.24, 2.45) is 0 Å². The van der Waals surface area contributed by atoms with Crippen LogP contribution in [0.2, 0.25) is 0 Å². The number of carbonyl (C=O) groups is 3. The number of amides is 2. The lowest BCUT2D eigenvalue weighted by molar-refractivity contribution is -0.152. The van der Waals surface area contributed by atoms with E-state index in [1.54, 1.807) is 24.3 Å². The number of benzene rings is 2. The Morgan fingerprint density at radius 1 is 1.14 bits per heavy atom. The van der Waals surface area contributed by atoms with Crippen LogP contribution in [0, 0.1) is 5.82 Å². The molecule has 0 spiro atoms. The van der Waals surface area contributed by atoms with Gasteiger partial charge in [-0.15, -0.1) is 0 Å². The monoisotopic (exact) mass is 384 g/mol. The van der Waals surface area contributed by atoms with E-state index in [0.717, 1.165) is 12.5 Å². The number of anilines is 1. The molecular weight excluding hydrogens is 363 g/mol. The van der Waals surface area contributed by atoms with Crippen LogP contribution >= 0.6 is 0 Å². The van der Waals surface area contributed by atoms with Crippen LogP contribution in [-0.4, -0.2) is 31.4 Å². The third-order valence-corrected chi connectivity index (χ3v) is 4.73. The summed E-state index contributed by atoms with van der Waals surface area (Å²) in [5.74, 6) is -3.32. The molecule has 1 heterocycles. The number of likely N-dealkylation sites (N-methyl/N-ethyl adjacent to an activating group) is 1. The molecule has 1 aliphatic heterocycles. The van der Waals surface area contributed by atoms with Gasteiger partial charge in [0.1, 0.15) is 5.82 Å². The Morgan fingerprint density at radius 3 is 2.54 bits per heavy atom. The fraction of sp³-hybridized carbons (Fsp3) is 0.286. The van der Waals surface area contributed by atoms with E-state index < -0.39 is 29.2 Å². The predicted octanol–water partition coefficient (Wildman–Crippen LogP) is 2.77. The number of nitrogens with one attached hydrogen (secondary N) is 1. The first kappa shape index (κ1) is 19.5. The molecule has 1 N–H and O–H groups in total. The zero-order valence-corrected chi connectivity index (χ0v) is 15.7. The van der Waals surface area contributed by atoms with Crippen LogP contribution in [0.4, 0.5) is 10.1 Å². The van der Waals surface area contributed by atoms with Crippen molar-refractivity contribution >= 4 is 23.5 Å². The van der Waals surface area contributed by atoms with Crippen LogP contribution in [-0.2, 0) is 19.9 Å². The van der Waals surface area contributed by atoms with Gasteiger partial charge in [-0.1, -0.05) is 43.7 Å². The molecule has 0 bridgehead atoms. The number of nitrogens with zero attached hydrogens (tertiary/aromatic N) is 1. The largest absolute Gasteiger partial charge is 0.430 e. The number of esters is 1. The Bertz CT molecular complexity index is 930. The second kappa shape index (κ2) is 7.80. The molecule has 1 unspecified atom stereocenters. The van der Waals surface area contributed by atoms with Crippen molar-refractivity contribution in [3.05, 3.63) is 65.5 Å². The number of unbranched alkanes of at least 4 members (excludes halogenated alkanes) is 1. The number of halogens is 1. The number of carbonyl (C=O) groups excluding carboxylic acids is 3. The van der Waals surface area contributed by atoms with Crippen LogP contribution in [0.25, 0.3) is 0 Å². The van der Waals surface area contributed by atoms with E-state index >= 15 is 0 Å². The number of rotatable bonds is 6. The van der Waals surface area contributed by atoms with Gasteiger partial charge in [-0.05, 0) is 24.6 Å². The lowest BCUT2D eigenvalue weighted by atomic mass is 9.93. The van der Waals surface area contributed by atoms with Crippen LogP contribution in [0.3, 0.4) is 0 Å². The topological polar surface area (TPSA) is 75.7 Å². The molecule has 28 heavy (non-hydrogen) atoms. The van der Waals surface area contributed by atoms with Crippen molar-refractivity contribution in [3.8, 4) is 0 Å². The maximum Gasteiger partial charge on any atom is 0.343 e. The lowest BCUT2D eigenvalue weighted by Crippen LogP contribution is -2.53. The minimum atomic E-state index is -2.20. The van der Waals surface area contributed by atoms with E-state index in [9.17, 15) is 18.8 Å². The van der Waals surface area contributed by atoms with E-state index in [0.29, 0.717) is 18.7 Å². The molecule has 0 saturated carbocycles. The Kier molecular flexibility index (Phi) is 5.44. The number of hydrogen-bond donors (Lipinski definition) is 1. The van der Waals surface area contributed by atoms with E-state index in [2.05, 4.69) is 5.32 Å². The van der Waals surface area contributed by atoms with Gasteiger partial charge in [0.25, 0.3) is 17.4 Å². The highest BCUT2D eigenvalue weighted by Gasteiger charge is 2.59. The molecule has 2 aromatic rings. The van der Waals surface area contributed by atoms with Gasteiger partial charge < -0.3 is 15.0 Å². The molecule has 0 radical (unpaired) electrons. The molecule has 146 valence electrons.